The molecule has 0 amide bonds. The molecule has 6 heteroatoms. The highest BCUT2D eigenvalue weighted by Crippen LogP contribution is 2.23. The van der Waals surface area contributed by atoms with Crippen LogP contribution in [0.3, 0.4) is 0 Å². The van der Waals surface area contributed by atoms with E-state index in [9.17, 15) is 4.79 Å². The predicted octanol–water partition coefficient (Wildman–Crippen LogP) is 1.80. The van der Waals surface area contributed by atoms with Crippen molar-refractivity contribution in [3.8, 4) is 0 Å². The molecule has 21 heavy (non-hydrogen) atoms. The van der Waals surface area contributed by atoms with Gasteiger partial charge in [0.05, 0.1) is 5.69 Å². The largest absolute Gasteiger partial charge is 0.396 e. The summed E-state index contributed by atoms with van der Waals surface area (Å²) in [6.07, 6.45) is 4.24. The molecule has 0 saturated carbocycles. The molecule has 0 aliphatic carbocycles. The molecule has 3 rings (SSSR count). The van der Waals surface area contributed by atoms with Crippen molar-refractivity contribution < 1.29 is 5.11 Å². The summed E-state index contributed by atoms with van der Waals surface area (Å²) in [5, 5.41) is 11.0. The third-order valence-electron chi connectivity index (χ3n) is 4.19. The third kappa shape index (κ3) is 3.02. The molecule has 1 aliphatic rings. The molecule has 1 aliphatic heterocycles. The summed E-state index contributed by atoms with van der Waals surface area (Å²) in [5.74, 6) is 0. The van der Waals surface area contributed by atoms with Crippen LogP contribution >= 0.6 is 11.3 Å². The second-order valence-corrected chi connectivity index (χ2v) is 6.55. The molecule has 1 N–H and O–H groups in total. The quantitative estimate of drug-likeness (QED) is 0.915. The summed E-state index contributed by atoms with van der Waals surface area (Å²) in [6, 6.07) is 2.18. The first kappa shape index (κ1) is 14.7. The fourth-order valence-corrected chi connectivity index (χ4v) is 4.04. The van der Waals surface area contributed by atoms with E-state index in [0.717, 1.165) is 42.3 Å². The normalized spacial score (nSPS) is 19.6. The van der Waals surface area contributed by atoms with Gasteiger partial charge in [0.1, 0.15) is 0 Å². The van der Waals surface area contributed by atoms with Gasteiger partial charge in [0.25, 0.3) is 5.56 Å². The Morgan fingerprint density at radius 3 is 3.19 bits per heavy atom. The Balaban J connectivity index is 1.79. The van der Waals surface area contributed by atoms with Gasteiger partial charge in [-0.05, 0) is 39.2 Å². The number of fused-ring (bicyclic) bond motifs is 1. The Morgan fingerprint density at radius 2 is 2.38 bits per heavy atom. The zero-order valence-electron chi connectivity index (χ0n) is 12.3. The Labute approximate surface area is 127 Å². The zero-order valence-corrected chi connectivity index (χ0v) is 13.1. The Bertz CT molecular complexity index is 679. The van der Waals surface area contributed by atoms with Crippen LogP contribution in [0.15, 0.2) is 16.2 Å². The van der Waals surface area contributed by atoms with Crippen molar-refractivity contribution in [2.75, 3.05) is 13.2 Å². The molecule has 1 unspecified atom stereocenters. The molecule has 0 aromatic carbocycles. The monoisotopic (exact) mass is 307 g/mol. The van der Waals surface area contributed by atoms with E-state index in [1.165, 1.54) is 24.2 Å². The maximum absolute atomic E-state index is 12.2. The standard InChI is InChI=1S/C15H21N3O2S/c1-11-10-21-15-16-12(8-14(20)18(11)15)9-17-6-2-4-13(17)5-3-7-19/h8,10,13,19H,2-7,9H2,1H3. The number of aliphatic hydroxyl groups excluding tert-OH is 1. The molecule has 0 spiro atoms. The first-order valence-electron chi connectivity index (χ1n) is 7.50. The summed E-state index contributed by atoms with van der Waals surface area (Å²) in [4.78, 5) is 20.0. The molecule has 114 valence electrons. The van der Waals surface area contributed by atoms with E-state index in [2.05, 4.69) is 9.88 Å². The van der Waals surface area contributed by atoms with Gasteiger partial charge in [-0.25, -0.2) is 4.98 Å². The molecule has 2 aromatic heterocycles. The number of likely N-dealkylation sites (tertiary alicyclic amines) is 1. The highest BCUT2D eigenvalue weighted by Gasteiger charge is 2.24. The van der Waals surface area contributed by atoms with E-state index in [1.54, 1.807) is 10.5 Å². The van der Waals surface area contributed by atoms with Crippen molar-refractivity contribution in [2.45, 2.75) is 45.2 Å². The Morgan fingerprint density at radius 1 is 1.52 bits per heavy atom. The van der Waals surface area contributed by atoms with E-state index >= 15 is 0 Å². The SMILES string of the molecule is Cc1csc2nc(CN3CCCC3CCCO)cc(=O)n12. The number of aryl methyl sites for hydroxylation is 1. The lowest BCUT2D eigenvalue weighted by Crippen LogP contribution is -2.30. The van der Waals surface area contributed by atoms with Gasteiger partial charge in [-0.3, -0.25) is 14.1 Å². The van der Waals surface area contributed by atoms with E-state index < -0.39 is 0 Å². The lowest BCUT2D eigenvalue weighted by Gasteiger charge is -2.23. The minimum atomic E-state index is 0.0138. The average Bonchev–Trinajstić information content (AvgIpc) is 3.04. The maximum atomic E-state index is 12.2. The average molecular weight is 307 g/mol. The van der Waals surface area contributed by atoms with Crippen LogP contribution in [0.4, 0.5) is 0 Å². The van der Waals surface area contributed by atoms with Crippen molar-refractivity contribution in [3.05, 3.63) is 33.2 Å². The molecular weight excluding hydrogens is 286 g/mol. The number of aliphatic hydroxyl groups is 1. The Hall–Kier alpha value is -1.24. The fraction of sp³-hybridized carbons (Fsp3) is 0.600. The van der Waals surface area contributed by atoms with Crippen LogP contribution in [-0.4, -0.2) is 38.6 Å². The number of hydrogen-bond donors (Lipinski definition) is 1. The highest BCUT2D eigenvalue weighted by molar-refractivity contribution is 7.15. The van der Waals surface area contributed by atoms with Gasteiger partial charge in [-0.1, -0.05) is 0 Å². The van der Waals surface area contributed by atoms with Crippen LogP contribution in [0, 0.1) is 6.92 Å². The number of hydrogen-bond acceptors (Lipinski definition) is 5. The first-order valence-corrected chi connectivity index (χ1v) is 8.38. The van der Waals surface area contributed by atoms with Crippen molar-refractivity contribution in [1.82, 2.24) is 14.3 Å². The second kappa shape index (κ2) is 6.25. The number of thiazole rings is 1. The van der Waals surface area contributed by atoms with Gasteiger partial charge in [-0.15, -0.1) is 11.3 Å². The third-order valence-corrected chi connectivity index (χ3v) is 5.13. The number of nitrogens with zero attached hydrogens (tertiary/aromatic N) is 3. The van der Waals surface area contributed by atoms with Crippen LogP contribution in [-0.2, 0) is 6.54 Å². The Kier molecular flexibility index (Phi) is 4.37. The van der Waals surface area contributed by atoms with Crippen LogP contribution in [0.1, 0.15) is 37.1 Å². The molecule has 1 saturated heterocycles. The number of aromatic nitrogens is 2. The minimum absolute atomic E-state index is 0.0138. The predicted molar refractivity (Wildman–Crippen MR) is 83.8 cm³/mol. The molecular formula is C15H21N3O2S. The number of rotatable bonds is 5. The maximum Gasteiger partial charge on any atom is 0.259 e. The van der Waals surface area contributed by atoms with Gasteiger partial charge in [0, 0.05) is 36.3 Å². The lowest BCUT2D eigenvalue weighted by molar-refractivity contribution is 0.208. The molecule has 5 nitrogen and oxygen atoms in total. The van der Waals surface area contributed by atoms with Gasteiger partial charge in [-0.2, -0.15) is 0 Å². The molecule has 0 radical (unpaired) electrons. The van der Waals surface area contributed by atoms with Crippen molar-refractivity contribution in [2.24, 2.45) is 0 Å². The second-order valence-electron chi connectivity index (χ2n) is 5.71. The van der Waals surface area contributed by atoms with Gasteiger partial charge >= 0.3 is 0 Å². The van der Waals surface area contributed by atoms with E-state index in [1.807, 2.05) is 12.3 Å². The molecule has 2 aromatic rings. The summed E-state index contributed by atoms with van der Waals surface area (Å²) in [6.45, 7) is 3.97. The van der Waals surface area contributed by atoms with E-state index in [0.29, 0.717) is 6.04 Å². The van der Waals surface area contributed by atoms with Crippen LogP contribution in [0.2, 0.25) is 0 Å². The zero-order chi connectivity index (χ0) is 14.8. The molecule has 1 atom stereocenters. The smallest absolute Gasteiger partial charge is 0.259 e. The lowest BCUT2D eigenvalue weighted by atomic mass is 10.1. The summed E-state index contributed by atoms with van der Waals surface area (Å²) in [5.41, 5.74) is 1.82. The molecule has 0 bridgehead atoms. The molecule has 3 heterocycles. The summed E-state index contributed by atoms with van der Waals surface area (Å²) < 4.78 is 1.67. The van der Waals surface area contributed by atoms with Crippen LogP contribution < -0.4 is 5.56 Å². The first-order chi connectivity index (χ1) is 10.2. The van der Waals surface area contributed by atoms with E-state index in [4.69, 9.17) is 5.11 Å². The summed E-state index contributed by atoms with van der Waals surface area (Å²) in [7, 11) is 0. The van der Waals surface area contributed by atoms with Gasteiger partial charge in [0.15, 0.2) is 4.96 Å². The topological polar surface area (TPSA) is 57.8 Å². The van der Waals surface area contributed by atoms with Crippen LogP contribution in [0.5, 0.6) is 0 Å². The van der Waals surface area contributed by atoms with Gasteiger partial charge < -0.3 is 5.11 Å². The van der Waals surface area contributed by atoms with Crippen molar-refractivity contribution >= 4 is 16.3 Å². The fourth-order valence-electron chi connectivity index (χ4n) is 3.15. The highest BCUT2D eigenvalue weighted by atomic mass is 32.1. The van der Waals surface area contributed by atoms with E-state index in [-0.39, 0.29) is 12.2 Å². The van der Waals surface area contributed by atoms with Gasteiger partial charge in [0.2, 0.25) is 0 Å². The van der Waals surface area contributed by atoms with Crippen LogP contribution in [0.25, 0.3) is 4.96 Å². The van der Waals surface area contributed by atoms with Crippen molar-refractivity contribution in [3.63, 3.8) is 0 Å². The van der Waals surface area contributed by atoms with Crippen molar-refractivity contribution in [1.29, 1.82) is 0 Å². The minimum Gasteiger partial charge on any atom is -0.396 e. The molecule has 1 fully saturated rings. The summed E-state index contributed by atoms with van der Waals surface area (Å²) >= 11 is 1.52.